The molecule has 6 heteroatoms. The summed E-state index contributed by atoms with van der Waals surface area (Å²) < 4.78 is 29.0. The summed E-state index contributed by atoms with van der Waals surface area (Å²) in [4.78, 5) is 10.1. The van der Waals surface area contributed by atoms with Gasteiger partial charge in [-0.3, -0.25) is 4.79 Å². The molecular weight excluding hydrogens is 175 g/mol. The second kappa shape index (κ2) is 5.82. The van der Waals surface area contributed by atoms with E-state index in [0.29, 0.717) is 0 Å². The Kier molecular flexibility index (Phi) is 5.44. The monoisotopic (exact) mass is 185 g/mol. The van der Waals surface area contributed by atoms with Crippen molar-refractivity contribution in [1.82, 2.24) is 5.32 Å². The SMILES string of the molecule is FC(F)F.O=C(O)[C@@H]1CCCN1. The second-order valence-electron chi connectivity index (χ2n) is 2.23. The molecule has 0 aromatic rings. The van der Waals surface area contributed by atoms with Crippen molar-refractivity contribution in [3.05, 3.63) is 0 Å². The summed E-state index contributed by atoms with van der Waals surface area (Å²) in [6.45, 7) is -2.81. The lowest BCUT2D eigenvalue weighted by molar-refractivity contribution is -0.139. The molecule has 1 rings (SSSR count). The molecule has 3 nitrogen and oxygen atoms in total. The Labute approximate surface area is 67.6 Å². The highest BCUT2D eigenvalue weighted by atomic mass is 19.4. The molecule has 72 valence electrons. The summed E-state index contributed by atoms with van der Waals surface area (Å²) in [5.74, 6) is -0.720. The first kappa shape index (κ1) is 11.2. The van der Waals surface area contributed by atoms with E-state index in [1.807, 2.05) is 0 Å². The first-order chi connectivity index (χ1) is 5.54. The van der Waals surface area contributed by atoms with Gasteiger partial charge in [-0.05, 0) is 19.4 Å². The molecule has 0 aliphatic carbocycles. The van der Waals surface area contributed by atoms with E-state index in [4.69, 9.17) is 5.11 Å². The Morgan fingerprint density at radius 3 is 2.17 bits per heavy atom. The molecule has 0 aromatic heterocycles. The van der Waals surface area contributed by atoms with Gasteiger partial charge >= 0.3 is 12.6 Å². The number of carboxylic acids is 1. The molecule has 0 saturated carbocycles. The van der Waals surface area contributed by atoms with Crippen molar-refractivity contribution in [3.63, 3.8) is 0 Å². The van der Waals surface area contributed by atoms with Crippen molar-refractivity contribution >= 4 is 5.97 Å². The van der Waals surface area contributed by atoms with Crippen molar-refractivity contribution in [2.45, 2.75) is 25.6 Å². The van der Waals surface area contributed by atoms with Gasteiger partial charge in [0.25, 0.3) is 0 Å². The standard InChI is InChI=1S/C5H9NO2.CHF3/c7-5(8)4-2-1-3-6-4;2-1(3)4/h4,6H,1-3H2,(H,7,8);1H/t4-;/m0./s1. The second-order valence-corrected chi connectivity index (χ2v) is 2.23. The molecule has 0 unspecified atom stereocenters. The van der Waals surface area contributed by atoms with Crippen LogP contribution >= 0.6 is 0 Å². The summed E-state index contributed by atoms with van der Waals surface area (Å²) >= 11 is 0. The zero-order valence-electron chi connectivity index (χ0n) is 6.27. The molecule has 1 saturated heterocycles. The van der Waals surface area contributed by atoms with E-state index in [9.17, 15) is 18.0 Å². The van der Waals surface area contributed by atoms with Gasteiger partial charge in [-0.1, -0.05) is 0 Å². The number of aliphatic carboxylic acids is 1. The number of alkyl halides is 3. The van der Waals surface area contributed by atoms with Gasteiger partial charge in [0.05, 0.1) is 0 Å². The number of carboxylic acid groups (broad SMARTS) is 1. The molecule has 1 aliphatic rings. The average molecular weight is 185 g/mol. The predicted octanol–water partition coefficient (Wildman–Crippen LogP) is 1.00. The normalized spacial score (nSPS) is 21.8. The van der Waals surface area contributed by atoms with Gasteiger partial charge in [0.1, 0.15) is 6.04 Å². The van der Waals surface area contributed by atoms with Crippen molar-refractivity contribution < 1.29 is 23.1 Å². The van der Waals surface area contributed by atoms with Crippen LogP contribution in [0.15, 0.2) is 0 Å². The minimum atomic E-state index is -3.67. The number of halogens is 3. The van der Waals surface area contributed by atoms with Crippen LogP contribution in [-0.4, -0.2) is 30.3 Å². The minimum absolute atomic E-state index is 0.269. The van der Waals surface area contributed by atoms with Crippen LogP contribution in [0.4, 0.5) is 13.2 Å². The third-order valence-electron chi connectivity index (χ3n) is 1.36. The van der Waals surface area contributed by atoms with Gasteiger partial charge < -0.3 is 10.4 Å². The first-order valence-electron chi connectivity index (χ1n) is 3.42. The Balaban J connectivity index is 0.000000261. The van der Waals surface area contributed by atoms with E-state index in [0.717, 1.165) is 19.4 Å². The van der Waals surface area contributed by atoms with Crippen molar-refractivity contribution in [2.24, 2.45) is 0 Å². The van der Waals surface area contributed by atoms with Gasteiger partial charge in [-0.15, -0.1) is 0 Å². The smallest absolute Gasteiger partial charge is 0.379 e. The fourth-order valence-electron chi connectivity index (χ4n) is 0.895. The number of rotatable bonds is 1. The van der Waals surface area contributed by atoms with Crippen LogP contribution in [0.1, 0.15) is 12.8 Å². The van der Waals surface area contributed by atoms with Crippen LogP contribution < -0.4 is 5.32 Å². The third-order valence-corrected chi connectivity index (χ3v) is 1.36. The quantitative estimate of drug-likeness (QED) is 0.640. The highest BCUT2D eigenvalue weighted by Crippen LogP contribution is 2.03. The number of hydrogen-bond acceptors (Lipinski definition) is 2. The zero-order chi connectivity index (χ0) is 9.56. The lowest BCUT2D eigenvalue weighted by atomic mass is 10.2. The van der Waals surface area contributed by atoms with Crippen LogP contribution in [0.3, 0.4) is 0 Å². The van der Waals surface area contributed by atoms with Crippen LogP contribution in [0.25, 0.3) is 0 Å². The molecule has 2 N–H and O–H groups in total. The molecule has 0 aromatic carbocycles. The van der Waals surface area contributed by atoms with Crippen molar-refractivity contribution in [1.29, 1.82) is 0 Å². The van der Waals surface area contributed by atoms with E-state index in [-0.39, 0.29) is 6.04 Å². The highest BCUT2D eigenvalue weighted by molar-refractivity contribution is 5.73. The average Bonchev–Trinajstić information content (AvgIpc) is 2.34. The van der Waals surface area contributed by atoms with Gasteiger partial charge in [-0.2, -0.15) is 13.2 Å². The third kappa shape index (κ3) is 5.96. The van der Waals surface area contributed by atoms with Gasteiger partial charge in [-0.25, -0.2) is 0 Å². The molecule has 1 fully saturated rings. The summed E-state index contributed by atoms with van der Waals surface area (Å²) in [6.07, 6.45) is 1.78. The lowest BCUT2D eigenvalue weighted by Gasteiger charge is -1.99. The molecule has 0 amide bonds. The molecule has 0 radical (unpaired) electrons. The predicted molar refractivity (Wildman–Crippen MR) is 35.8 cm³/mol. The van der Waals surface area contributed by atoms with E-state index in [1.165, 1.54) is 0 Å². The van der Waals surface area contributed by atoms with E-state index in [1.54, 1.807) is 0 Å². The number of hydrogen-bond donors (Lipinski definition) is 2. The summed E-state index contributed by atoms with van der Waals surface area (Å²) in [7, 11) is 0. The van der Waals surface area contributed by atoms with Crippen LogP contribution in [0.2, 0.25) is 0 Å². The van der Waals surface area contributed by atoms with Crippen LogP contribution in [-0.2, 0) is 4.79 Å². The van der Waals surface area contributed by atoms with E-state index < -0.39 is 12.6 Å². The fraction of sp³-hybridized carbons (Fsp3) is 0.833. The Morgan fingerprint density at radius 2 is 2.00 bits per heavy atom. The maximum atomic E-state index is 10.1. The maximum Gasteiger partial charge on any atom is 0.379 e. The fourth-order valence-corrected chi connectivity index (χ4v) is 0.895. The van der Waals surface area contributed by atoms with E-state index in [2.05, 4.69) is 5.32 Å². The van der Waals surface area contributed by atoms with E-state index >= 15 is 0 Å². The van der Waals surface area contributed by atoms with Gasteiger partial charge in [0.2, 0.25) is 0 Å². The molecular formula is C6H10F3NO2. The topological polar surface area (TPSA) is 49.3 Å². The highest BCUT2D eigenvalue weighted by Gasteiger charge is 2.20. The van der Waals surface area contributed by atoms with Crippen LogP contribution in [0, 0.1) is 0 Å². The molecule has 12 heavy (non-hydrogen) atoms. The van der Waals surface area contributed by atoms with Gasteiger partial charge in [0, 0.05) is 0 Å². The van der Waals surface area contributed by atoms with Crippen molar-refractivity contribution in [3.8, 4) is 0 Å². The number of carbonyl (C=O) groups is 1. The van der Waals surface area contributed by atoms with Gasteiger partial charge in [0.15, 0.2) is 0 Å². The molecule has 1 aliphatic heterocycles. The summed E-state index contributed by atoms with van der Waals surface area (Å²) in [5.41, 5.74) is 0. The molecule has 0 spiro atoms. The Bertz CT molecular complexity index is 134. The first-order valence-corrected chi connectivity index (χ1v) is 3.42. The largest absolute Gasteiger partial charge is 0.480 e. The summed E-state index contributed by atoms with van der Waals surface area (Å²) in [6, 6.07) is -0.269. The number of nitrogens with one attached hydrogen (secondary N) is 1. The lowest BCUT2D eigenvalue weighted by Crippen LogP contribution is -2.29. The van der Waals surface area contributed by atoms with Crippen molar-refractivity contribution in [2.75, 3.05) is 6.54 Å². The Morgan fingerprint density at radius 1 is 1.50 bits per heavy atom. The molecule has 1 atom stereocenters. The molecule has 0 bridgehead atoms. The summed E-state index contributed by atoms with van der Waals surface area (Å²) in [5, 5.41) is 11.2. The van der Waals surface area contributed by atoms with Crippen LogP contribution in [0.5, 0.6) is 0 Å². The zero-order valence-corrected chi connectivity index (χ0v) is 6.27. The minimum Gasteiger partial charge on any atom is -0.480 e. The molecule has 1 heterocycles. The maximum absolute atomic E-state index is 10.1. The Hall–Kier alpha value is -0.780.